The highest BCUT2D eigenvalue weighted by molar-refractivity contribution is 7.92. The molecule has 0 aliphatic carbocycles. The van der Waals surface area contributed by atoms with E-state index in [1.54, 1.807) is 43.6 Å². The number of aliphatic carboxylic acids is 1. The standard InChI is InChI=1S/C30H28FN3O7S/c1-33(42(3,38)39)28-23-13-20(12-18-4-8-21(31)9-5-18)14-32-27(23)29(41-17-19-6-10-22(40-2)11-7-19)26-24(28)15-34(30(26)37)16-25(35)36/h4-11,13-15,37H,12,16-17H2,1-3H3,(H,35,36). The quantitative estimate of drug-likeness (QED) is 0.238. The van der Waals surface area contributed by atoms with Crippen molar-refractivity contribution < 1.29 is 37.3 Å². The minimum absolute atomic E-state index is 0.0675. The van der Waals surface area contributed by atoms with E-state index in [1.165, 1.54) is 25.4 Å². The number of aromatic hydroxyl groups is 1. The number of nitrogens with zero attached hydrogens (tertiary/aromatic N) is 3. The van der Waals surface area contributed by atoms with Crippen LogP contribution < -0.4 is 13.8 Å². The number of carboxylic acid groups (broad SMARTS) is 1. The molecule has 3 aromatic carbocycles. The number of aromatic nitrogens is 2. The van der Waals surface area contributed by atoms with Gasteiger partial charge in [0.1, 0.15) is 30.2 Å². The first-order chi connectivity index (χ1) is 20.0. The van der Waals surface area contributed by atoms with E-state index in [4.69, 9.17) is 9.47 Å². The molecule has 218 valence electrons. The summed E-state index contributed by atoms with van der Waals surface area (Å²) in [5.74, 6) is -1.14. The third kappa shape index (κ3) is 5.66. The van der Waals surface area contributed by atoms with Crippen molar-refractivity contribution in [1.29, 1.82) is 0 Å². The van der Waals surface area contributed by atoms with Crippen LogP contribution in [0.15, 0.2) is 67.0 Å². The van der Waals surface area contributed by atoms with Crippen molar-refractivity contribution in [1.82, 2.24) is 9.55 Å². The van der Waals surface area contributed by atoms with Gasteiger partial charge >= 0.3 is 5.97 Å². The van der Waals surface area contributed by atoms with E-state index in [1.807, 2.05) is 12.1 Å². The number of hydrogen-bond acceptors (Lipinski definition) is 7. The molecular weight excluding hydrogens is 565 g/mol. The van der Waals surface area contributed by atoms with Gasteiger partial charge in [-0.1, -0.05) is 24.3 Å². The number of ether oxygens (including phenoxy) is 2. The number of halogens is 1. The molecule has 2 heterocycles. The predicted octanol–water partition coefficient (Wildman–Crippen LogP) is 4.69. The van der Waals surface area contributed by atoms with Gasteiger partial charge in [-0.25, -0.2) is 12.8 Å². The zero-order valence-electron chi connectivity index (χ0n) is 23.0. The molecule has 0 aliphatic rings. The average Bonchev–Trinajstić information content (AvgIpc) is 3.26. The molecule has 0 bridgehead atoms. The summed E-state index contributed by atoms with van der Waals surface area (Å²) >= 11 is 0. The number of methoxy groups -OCH3 is 1. The third-order valence-electron chi connectivity index (χ3n) is 6.93. The Morgan fingerprint density at radius 2 is 1.71 bits per heavy atom. The lowest BCUT2D eigenvalue weighted by Crippen LogP contribution is -2.25. The van der Waals surface area contributed by atoms with Crippen LogP contribution in [-0.2, 0) is 34.4 Å². The summed E-state index contributed by atoms with van der Waals surface area (Å²) in [7, 11) is -0.878. The summed E-state index contributed by atoms with van der Waals surface area (Å²) in [6, 6.07) is 15.0. The topological polar surface area (TPSA) is 131 Å². The van der Waals surface area contributed by atoms with Gasteiger partial charge in [-0.15, -0.1) is 0 Å². The van der Waals surface area contributed by atoms with E-state index < -0.39 is 28.4 Å². The molecule has 2 aromatic heterocycles. The molecule has 0 saturated carbocycles. The number of fused-ring (bicyclic) bond motifs is 2. The van der Waals surface area contributed by atoms with Crippen molar-refractivity contribution in [2.45, 2.75) is 19.6 Å². The van der Waals surface area contributed by atoms with Crippen LogP contribution in [0.4, 0.5) is 10.1 Å². The van der Waals surface area contributed by atoms with E-state index in [9.17, 15) is 27.8 Å². The van der Waals surface area contributed by atoms with Crippen molar-refractivity contribution in [3.8, 4) is 17.4 Å². The Labute approximate surface area is 241 Å². The number of pyridine rings is 1. The maximum Gasteiger partial charge on any atom is 0.323 e. The van der Waals surface area contributed by atoms with Crippen LogP contribution in [0.5, 0.6) is 17.4 Å². The monoisotopic (exact) mass is 593 g/mol. The fourth-order valence-corrected chi connectivity index (χ4v) is 5.33. The summed E-state index contributed by atoms with van der Waals surface area (Å²) in [5, 5.41) is 21.5. The predicted molar refractivity (Wildman–Crippen MR) is 156 cm³/mol. The van der Waals surface area contributed by atoms with E-state index >= 15 is 0 Å². The molecule has 0 radical (unpaired) electrons. The van der Waals surface area contributed by atoms with Crippen molar-refractivity contribution in [2.75, 3.05) is 24.7 Å². The zero-order valence-corrected chi connectivity index (χ0v) is 23.9. The van der Waals surface area contributed by atoms with Gasteiger partial charge in [0, 0.05) is 30.2 Å². The molecule has 10 nitrogen and oxygen atoms in total. The average molecular weight is 594 g/mol. The number of benzene rings is 3. The van der Waals surface area contributed by atoms with Crippen molar-refractivity contribution in [3.05, 3.63) is 89.5 Å². The fourth-order valence-electron chi connectivity index (χ4n) is 4.81. The Morgan fingerprint density at radius 1 is 1.05 bits per heavy atom. The molecule has 5 aromatic rings. The minimum Gasteiger partial charge on any atom is -0.497 e. The molecule has 42 heavy (non-hydrogen) atoms. The molecule has 0 amide bonds. The number of rotatable bonds is 10. The number of hydrogen-bond donors (Lipinski definition) is 2. The smallest absolute Gasteiger partial charge is 0.323 e. The fraction of sp³-hybridized carbons (Fsp3) is 0.200. The lowest BCUT2D eigenvalue weighted by Gasteiger charge is -2.22. The zero-order chi connectivity index (χ0) is 30.2. The molecule has 0 spiro atoms. The van der Waals surface area contributed by atoms with Gasteiger partial charge in [0.2, 0.25) is 15.9 Å². The van der Waals surface area contributed by atoms with E-state index in [-0.39, 0.29) is 40.2 Å². The Kier molecular flexibility index (Phi) is 7.65. The molecule has 12 heteroatoms. The second-order valence-corrected chi connectivity index (χ2v) is 11.9. The van der Waals surface area contributed by atoms with Crippen LogP contribution in [-0.4, -0.2) is 54.6 Å². The molecule has 0 saturated heterocycles. The van der Waals surface area contributed by atoms with Crippen LogP contribution >= 0.6 is 0 Å². The van der Waals surface area contributed by atoms with Crippen LogP contribution in [0.3, 0.4) is 0 Å². The van der Waals surface area contributed by atoms with Gasteiger partial charge in [0.25, 0.3) is 0 Å². The molecular formula is C30H28FN3O7S. The largest absolute Gasteiger partial charge is 0.497 e. The summed E-state index contributed by atoms with van der Waals surface area (Å²) in [6.07, 6.45) is 4.43. The van der Waals surface area contributed by atoms with Crippen LogP contribution in [0, 0.1) is 5.82 Å². The number of sulfonamides is 1. The number of carboxylic acids is 1. The Hall–Kier alpha value is -4.84. The minimum atomic E-state index is -3.81. The van der Waals surface area contributed by atoms with Gasteiger partial charge in [-0.3, -0.25) is 14.1 Å². The molecule has 0 unspecified atom stereocenters. The number of carbonyl (C=O) groups is 1. The first kappa shape index (κ1) is 28.7. The summed E-state index contributed by atoms with van der Waals surface area (Å²) < 4.78 is 52.7. The van der Waals surface area contributed by atoms with Gasteiger partial charge in [-0.2, -0.15) is 0 Å². The van der Waals surface area contributed by atoms with Crippen LogP contribution in [0.25, 0.3) is 21.7 Å². The molecule has 2 N–H and O–H groups in total. The highest BCUT2D eigenvalue weighted by atomic mass is 32.2. The Morgan fingerprint density at radius 3 is 2.33 bits per heavy atom. The van der Waals surface area contributed by atoms with Crippen LogP contribution in [0.2, 0.25) is 0 Å². The Bertz CT molecular complexity index is 1900. The van der Waals surface area contributed by atoms with Crippen molar-refractivity contribution >= 4 is 43.4 Å². The second kappa shape index (κ2) is 11.2. The summed E-state index contributed by atoms with van der Waals surface area (Å²) in [6.45, 7) is -0.502. The first-order valence-electron chi connectivity index (χ1n) is 12.8. The van der Waals surface area contributed by atoms with E-state index in [0.29, 0.717) is 23.1 Å². The molecule has 0 aliphatic heterocycles. The molecule has 0 atom stereocenters. The van der Waals surface area contributed by atoms with E-state index in [0.717, 1.165) is 26.3 Å². The number of anilines is 1. The molecule has 0 fully saturated rings. The van der Waals surface area contributed by atoms with Crippen molar-refractivity contribution in [3.63, 3.8) is 0 Å². The third-order valence-corrected chi connectivity index (χ3v) is 8.11. The SMILES string of the molecule is COc1ccc(COc2c3ncc(Cc4ccc(F)cc4)cc3c(N(C)S(C)(=O)=O)c3cn(CC(=O)O)c(O)c23)cc1. The maximum absolute atomic E-state index is 13.5. The molecule has 5 rings (SSSR count). The Balaban J connectivity index is 1.76. The first-order valence-corrected chi connectivity index (χ1v) is 14.6. The summed E-state index contributed by atoms with van der Waals surface area (Å²) in [5.41, 5.74) is 2.79. The van der Waals surface area contributed by atoms with Gasteiger partial charge in [0.15, 0.2) is 5.75 Å². The highest BCUT2D eigenvalue weighted by Crippen LogP contribution is 2.47. The second-order valence-electron chi connectivity index (χ2n) is 9.85. The lowest BCUT2D eigenvalue weighted by molar-refractivity contribution is -0.137. The maximum atomic E-state index is 13.5. The lowest BCUT2D eigenvalue weighted by atomic mass is 10.0. The normalized spacial score (nSPS) is 11.6. The van der Waals surface area contributed by atoms with E-state index in [2.05, 4.69) is 4.98 Å². The van der Waals surface area contributed by atoms with Crippen molar-refractivity contribution in [2.24, 2.45) is 0 Å². The van der Waals surface area contributed by atoms with Gasteiger partial charge in [-0.05, 0) is 53.4 Å². The van der Waals surface area contributed by atoms with Gasteiger partial charge in [0.05, 0.1) is 24.4 Å². The highest BCUT2D eigenvalue weighted by Gasteiger charge is 2.28. The van der Waals surface area contributed by atoms with Crippen LogP contribution in [0.1, 0.15) is 16.7 Å². The van der Waals surface area contributed by atoms with Gasteiger partial charge < -0.3 is 24.3 Å². The summed E-state index contributed by atoms with van der Waals surface area (Å²) in [4.78, 5) is 16.2.